The van der Waals surface area contributed by atoms with Gasteiger partial charge >= 0.3 is 0 Å². The number of nitrogens with one attached hydrogen (secondary N) is 2. The van der Waals surface area contributed by atoms with Crippen LogP contribution in [0.5, 0.6) is 46.0 Å². The molecular weight excluding hydrogens is 1160 g/mol. The minimum atomic E-state index is -0.599. The van der Waals surface area contributed by atoms with Gasteiger partial charge < -0.3 is 54.6 Å². The number of nitrogen functional groups attached to an aromatic ring is 1. The Morgan fingerprint density at radius 3 is 1.53 bits per heavy atom. The number of thiocarbonyl (C=S) groups is 1. The number of carbonyl (C=O) groups is 2. The van der Waals surface area contributed by atoms with Crippen molar-refractivity contribution in [2.24, 2.45) is 35.5 Å². The maximum Gasteiger partial charge on any atom is 0.230 e. The van der Waals surface area contributed by atoms with Gasteiger partial charge in [-0.2, -0.15) is 5.26 Å². The van der Waals surface area contributed by atoms with Crippen LogP contribution in [0.25, 0.3) is 21.8 Å². The summed E-state index contributed by atoms with van der Waals surface area (Å²) in [6, 6.07) is 38.2. The Bertz CT molecular complexity index is 3780. The van der Waals surface area contributed by atoms with Gasteiger partial charge in [-0.25, -0.2) is 8.78 Å². The Labute approximate surface area is 520 Å². The number of benzene rings is 6. The largest absolute Gasteiger partial charge is 0.493 e. The maximum absolute atomic E-state index is 15.1. The van der Waals surface area contributed by atoms with Gasteiger partial charge in [0.2, 0.25) is 11.0 Å². The molecule has 4 heterocycles. The summed E-state index contributed by atoms with van der Waals surface area (Å²) in [6.07, 6.45) is 8.58. The minimum Gasteiger partial charge on any atom is -0.493 e. The summed E-state index contributed by atoms with van der Waals surface area (Å²) in [4.78, 5) is 37.1. The fraction of sp³-hybridized carbons (Fsp3) is 0.324. The number of nitrogens with zero attached hydrogens (tertiary/aromatic N) is 5. The van der Waals surface area contributed by atoms with Gasteiger partial charge in [-0.3, -0.25) is 19.6 Å². The standard InChI is InChI=1S/C34H35FN4O4S.C25H28FN3O3.C9H7NOS/c1-39-18-23-12-22(13-24(23)19-39)20-42-32-17-28-26(16-31(32)41-2)29(10-11-36-28)43-30-9-8-25(15-27(30)35)37-34(44)38-33(40)14-21-6-4-3-5-7-21;1-29-12-16-7-15(8-17(16)13-29)14-31-25-11-21-19(10-24(25)30-2)22(5-6-28-21)32-23-4-3-18(27)9-20(23)26;10-7-12-9(11)6-8-4-2-1-3-5-8/h3-11,15-17,22-24H,12-14,18-20H2,1-2H3,(H2,37,38,40,44);3-6,9-11,15-17H,7-8,12-14,27H2,1-2H3;1-5H,6H2. The summed E-state index contributed by atoms with van der Waals surface area (Å²) in [5.74, 6) is 6.33. The lowest BCUT2D eigenvalue weighted by atomic mass is 10.0. The summed E-state index contributed by atoms with van der Waals surface area (Å²) in [5, 5.41) is 16.8. The number of hydrogen-bond acceptors (Lipinski definition) is 16. The average Bonchev–Trinajstić information content (AvgIpc) is 1.66. The van der Waals surface area contributed by atoms with E-state index in [1.165, 1.54) is 76.1 Å². The zero-order valence-corrected chi connectivity index (χ0v) is 51.1. The lowest BCUT2D eigenvalue weighted by Gasteiger charge is -2.18. The van der Waals surface area contributed by atoms with Crippen molar-refractivity contribution in [3.63, 3.8) is 0 Å². The van der Waals surface area contributed by atoms with Gasteiger partial charge in [0.1, 0.15) is 16.9 Å². The van der Waals surface area contributed by atoms with Crippen LogP contribution in [0.2, 0.25) is 0 Å². The molecule has 20 heteroatoms. The highest BCUT2D eigenvalue weighted by Gasteiger charge is 2.41. The van der Waals surface area contributed by atoms with Crippen molar-refractivity contribution in [3.8, 4) is 51.4 Å². The second kappa shape index (κ2) is 29.4. The molecule has 8 aromatic rings. The summed E-state index contributed by atoms with van der Waals surface area (Å²) < 4.78 is 64.9. The van der Waals surface area contributed by atoms with Crippen molar-refractivity contribution in [3.05, 3.63) is 169 Å². The van der Waals surface area contributed by atoms with Gasteiger partial charge in [0.05, 0.1) is 44.9 Å². The first kappa shape index (κ1) is 62.4. The third-order valence-corrected chi connectivity index (χ3v) is 17.0. The highest BCUT2D eigenvalue weighted by molar-refractivity contribution is 8.17. The topological polar surface area (TPSA) is 196 Å². The number of likely N-dealkylation sites (tertiary alicyclic amines) is 2. The van der Waals surface area contributed by atoms with Crippen molar-refractivity contribution >= 4 is 73.3 Å². The highest BCUT2D eigenvalue weighted by atomic mass is 32.2. The summed E-state index contributed by atoms with van der Waals surface area (Å²) in [7, 11) is 7.61. The predicted octanol–water partition coefficient (Wildman–Crippen LogP) is 12.9. The molecular formula is C68H70F2N8O8S2. The Morgan fingerprint density at radius 2 is 1.08 bits per heavy atom. The van der Waals surface area contributed by atoms with Crippen LogP contribution < -0.4 is 44.8 Å². The van der Waals surface area contributed by atoms with Crippen molar-refractivity contribution in [1.82, 2.24) is 25.1 Å². The van der Waals surface area contributed by atoms with Crippen molar-refractivity contribution in [1.29, 1.82) is 5.26 Å². The lowest BCUT2D eigenvalue weighted by Crippen LogP contribution is -2.35. The van der Waals surface area contributed by atoms with Crippen LogP contribution in [-0.2, 0) is 22.4 Å². The second-order valence-electron chi connectivity index (χ2n) is 22.9. The van der Waals surface area contributed by atoms with Gasteiger partial charge in [0.15, 0.2) is 51.2 Å². The van der Waals surface area contributed by atoms with Crippen LogP contribution >= 0.6 is 24.0 Å². The summed E-state index contributed by atoms with van der Waals surface area (Å²) in [6.45, 7) is 6.05. The van der Waals surface area contributed by atoms with Gasteiger partial charge in [0.25, 0.3) is 0 Å². The molecule has 4 fully saturated rings. The van der Waals surface area contributed by atoms with Crippen LogP contribution in [0.3, 0.4) is 0 Å². The number of halogens is 2. The average molecular weight is 1230 g/mol. The van der Waals surface area contributed by atoms with E-state index >= 15 is 4.39 Å². The molecule has 1 amide bonds. The normalized spacial score (nSPS) is 19.2. The van der Waals surface area contributed by atoms with Crippen LogP contribution in [0.4, 0.5) is 20.2 Å². The Hall–Kier alpha value is -8.61. The van der Waals surface area contributed by atoms with E-state index in [-0.39, 0.29) is 34.1 Å². The number of hydrogen-bond donors (Lipinski definition) is 3. The van der Waals surface area contributed by atoms with E-state index in [4.69, 9.17) is 51.6 Å². The predicted molar refractivity (Wildman–Crippen MR) is 342 cm³/mol. The molecule has 0 bridgehead atoms. The quantitative estimate of drug-likeness (QED) is 0.0442. The third-order valence-electron chi connectivity index (χ3n) is 16.4. The number of pyridine rings is 2. The first-order chi connectivity index (χ1) is 42.7. The molecule has 2 saturated carbocycles. The van der Waals surface area contributed by atoms with E-state index in [1.54, 1.807) is 56.3 Å². The molecule has 16 nitrogen and oxygen atoms in total. The third kappa shape index (κ3) is 16.3. The van der Waals surface area contributed by atoms with E-state index in [2.05, 4.69) is 44.5 Å². The number of methoxy groups -OCH3 is 2. The van der Waals surface area contributed by atoms with Crippen LogP contribution in [-0.4, -0.2) is 104 Å². The van der Waals surface area contributed by atoms with E-state index < -0.39 is 11.6 Å². The molecule has 0 radical (unpaired) electrons. The number of thioether (sulfide) groups is 1. The number of ether oxygens (including phenoxy) is 6. The molecule has 6 aromatic carbocycles. The Morgan fingerprint density at radius 1 is 0.614 bits per heavy atom. The van der Waals surface area contributed by atoms with Crippen molar-refractivity contribution in [2.75, 3.05) is 78.8 Å². The first-order valence-corrected chi connectivity index (χ1v) is 30.4. The van der Waals surface area contributed by atoms with Crippen molar-refractivity contribution < 1.29 is 46.8 Å². The molecule has 2 aliphatic heterocycles. The van der Waals surface area contributed by atoms with Crippen LogP contribution in [0.15, 0.2) is 146 Å². The molecule has 2 aliphatic carbocycles. The monoisotopic (exact) mass is 1230 g/mol. The van der Waals surface area contributed by atoms with Gasteiger partial charge in [-0.1, -0.05) is 60.7 Å². The molecule has 4 atom stereocenters. The number of nitriles is 1. The molecule has 4 aliphatic rings. The molecule has 88 heavy (non-hydrogen) atoms. The zero-order valence-electron chi connectivity index (χ0n) is 49.5. The lowest BCUT2D eigenvalue weighted by molar-refractivity contribution is -0.119. The van der Waals surface area contributed by atoms with Gasteiger partial charge in [0, 0.05) is 103 Å². The van der Waals surface area contributed by atoms with Crippen LogP contribution in [0, 0.1) is 57.8 Å². The van der Waals surface area contributed by atoms with Crippen LogP contribution in [0.1, 0.15) is 36.8 Å². The number of fused-ring (bicyclic) bond motifs is 4. The molecule has 0 spiro atoms. The fourth-order valence-electron chi connectivity index (χ4n) is 12.4. The number of anilines is 2. The highest BCUT2D eigenvalue weighted by Crippen LogP contribution is 2.45. The summed E-state index contributed by atoms with van der Waals surface area (Å²) >= 11 is 5.93. The van der Waals surface area contributed by atoms with Gasteiger partial charge in [-0.05, 0) is 147 Å². The number of nitrogens with two attached hydrogens (primary N) is 1. The molecule has 4 N–H and O–H groups in total. The number of thiocyanates is 1. The smallest absolute Gasteiger partial charge is 0.230 e. The maximum atomic E-state index is 15.1. The van der Waals surface area contributed by atoms with E-state index in [1.807, 2.05) is 84.9 Å². The molecule has 2 saturated heterocycles. The zero-order chi connectivity index (χ0) is 61.7. The second-order valence-corrected chi connectivity index (χ2v) is 24.1. The summed E-state index contributed by atoms with van der Waals surface area (Å²) in [5.41, 5.74) is 9.51. The number of rotatable bonds is 17. The van der Waals surface area contributed by atoms with Crippen molar-refractivity contribution in [2.45, 2.75) is 38.5 Å². The number of aromatic nitrogens is 2. The Balaban J connectivity index is 0.000000169. The Kier molecular flexibility index (Phi) is 20.9. The first-order valence-electron chi connectivity index (χ1n) is 29.2. The molecule has 12 rings (SSSR count). The van der Waals surface area contributed by atoms with Gasteiger partial charge in [-0.15, -0.1) is 0 Å². The number of carbonyl (C=O) groups excluding carboxylic acids is 2. The fourth-order valence-corrected chi connectivity index (χ4v) is 13.0. The molecule has 2 aromatic heterocycles. The molecule has 4 unspecified atom stereocenters. The van der Waals surface area contributed by atoms with E-state index in [0.717, 1.165) is 34.8 Å². The minimum absolute atomic E-state index is 0.0267. The number of amides is 1. The van der Waals surface area contributed by atoms with E-state index in [0.29, 0.717) is 111 Å². The SMILES string of the molecule is COc1cc2c(Oc3ccc(N)cc3F)ccnc2cc1OCC1CC2CN(C)CC2C1.COc1cc2c(Oc3ccc(NC(=S)NC(=O)Cc4ccccc4)cc3F)ccnc2cc1OCC1CC2CN(C)CC2C1.N#CSC(=O)Cc1ccccc1. The van der Waals surface area contributed by atoms with E-state index in [9.17, 15) is 14.0 Å². The molecule has 456 valence electrons.